The molecule has 0 unspecified atom stereocenters. The van der Waals surface area contributed by atoms with Gasteiger partial charge in [-0.2, -0.15) is 0 Å². The van der Waals surface area contributed by atoms with Crippen molar-refractivity contribution in [1.29, 1.82) is 0 Å². The van der Waals surface area contributed by atoms with Crippen LogP contribution in [0.3, 0.4) is 0 Å². The van der Waals surface area contributed by atoms with Crippen LogP contribution in [0.4, 0.5) is 10.5 Å². The highest BCUT2D eigenvalue weighted by Gasteiger charge is 2.52. The first-order chi connectivity index (χ1) is 17.4. The zero-order valence-corrected chi connectivity index (χ0v) is 21.7. The van der Waals surface area contributed by atoms with Gasteiger partial charge in [-0.15, -0.1) is 11.3 Å². The summed E-state index contributed by atoms with van der Waals surface area (Å²) in [7, 11) is 0. The molecule has 2 saturated heterocycles. The average Bonchev–Trinajstić information content (AvgIpc) is 3.40. The number of nitrogens with zero attached hydrogens (tertiary/aromatic N) is 3. The maximum atomic E-state index is 13.6. The number of anilines is 1. The van der Waals surface area contributed by atoms with Crippen molar-refractivity contribution in [3.8, 4) is 11.5 Å². The van der Waals surface area contributed by atoms with E-state index < -0.39 is 5.54 Å². The highest BCUT2D eigenvalue weighted by atomic mass is 32.1. The summed E-state index contributed by atoms with van der Waals surface area (Å²) in [6, 6.07) is 21.9. The number of hydrogen-bond acceptors (Lipinski definition) is 5. The molecule has 0 atom stereocenters. The van der Waals surface area contributed by atoms with Crippen LogP contribution >= 0.6 is 11.3 Å². The third-order valence-electron chi connectivity index (χ3n) is 7.12. The monoisotopic (exact) mass is 503 g/mol. The molecule has 36 heavy (non-hydrogen) atoms. The number of thiophene rings is 1. The molecule has 6 nitrogen and oxygen atoms in total. The molecule has 7 heteroatoms. The number of piperidine rings is 1. The van der Waals surface area contributed by atoms with Crippen molar-refractivity contribution in [2.24, 2.45) is 5.92 Å². The van der Waals surface area contributed by atoms with Crippen LogP contribution in [0.2, 0.25) is 0 Å². The molecular formula is C29H33N3O3S. The van der Waals surface area contributed by atoms with E-state index in [-0.39, 0.29) is 18.4 Å². The Balaban J connectivity index is 1.31. The lowest BCUT2D eigenvalue weighted by molar-refractivity contribution is -0.136. The van der Waals surface area contributed by atoms with E-state index in [1.54, 1.807) is 16.2 Å². The number of benzene rings is 2. The number of para-hydroxylation sites is 1. The van der Waals surface area contributed by atoms with E-state index in [2.05, 4.69) is 30.9 Å². The molecule has 3 aromatic rings. The molecular weight excluding hydrogens is 470 g/mol. The van der Waals surface area contributed by atoms with Crippen LogP contribution in [0.15, 0.2) is 72.1 Å². The van der Waals surface area contributed by atoms with Gasteiger partial charge in [-0.1, -0.05) is 38.1 Å². The second-order valence-electron chi connectivity index (χ2n) is 10.1. The Morgan fingerprint density at radius 2 is 1.61 bits per heavy atom. The summed E-state index contributed by atoms with van der Waals surface area (Å²) in [4.78, 5) is 34.3. The number of rotatable bonds is 7. The Bertz CT molecular complexity index is 1170. The highest BCUT2D eigenvalue weighted by molar-refractivity contribution is 7.09. The quantitative estimate of drug-likeness (QED) is 0.394. The van der Waals surface area contributed by atoms with Crippen LogP contribution in [0.1, 0.15) is 31.6 Å². The third-order valence-corrected chi connectivity index (χ3v) is 7.98. The second-order valence-corrected chi connectivity index (χ2v) is 11.1. The van der Waals surface area contributed by atoms with Gasteiger partial charge in [0.25, 0.3) is 0 Å². The molecule has 0 bridgehead atoms. The molecule has 2 amide bonds. The minimum Gasteiger partial charge on any atom is -0.457 e. The van der Waals surface area contributed by atoms with Gasteiger partial charge in [0.2, 0.25) is 0 Å². The minimum absolute atomic E-state index is 0.00689. The van der Waals surface area contributed by atoms with Crippen LogP contribution in [-0.2, 0) is 11.3 Å². The molecule has 0 N–H and O–H groups in total. The number of ketones is 1. The van der Waals surface area contributed by atoms with Gasteiger partial charge in [0, 0.05) is 30.2 Å². The van der Waals surface area contributed by atoms with Crippen molar-refractivity contribution in [2.45, 2.75) is 38.8 Å². The molecule has 2 fully saturated rings. The van der Waals surface area contributed by atoms with E-state index >= 15 is 0 Å². The van der Waals surface area contributed by atoms with Crippen molar-refractivity contribution >= 4 is 28.8 Å². The standard InChI is InChI=1S/C29H33N3O3S/c1-22(2)19-31-21-27(33)29(32(28(31)34)20-26-9-6-18-36-26)14-16-30(17-15-29)23-10-12-25(13-11-23)35-24-7-4-3-5-8-24/h3-13,18,22H,14-17,19-21H2,1-2H3. The lowest BCUT2D eigenvalue weighted by Gasteiger charge is -2.52. The fraction of sp³-hybridized carbons (Fsp3) is 0.379. The van der Waals surface area contributed by atoms with Gasteiger partial charge >= 0.3 is 6.03 Å². The summed E-state index contributed by atoms with van der Waals surface area (Å²) < 4.78 is 5.93. The fourth-order valence-corrected chi connectivity index (χ4v) is 5.98. The molecule has 0 aliphatic carbocycles. The second kappa shape index (κ2) is 10.3. The summed E-state index contributed by atoms with van der Waals surface area (Å²) in [5.74, 6) is 2.09. The third kappa shape index (κ3) is 4.98. The predicted molar refractivity (Wildman–Crippen MR) is 144 cm³/mol. The zero-order chi connectivity index (χ0) is 25.1. The SMILES string of the molecule is CC(C)CN1CC(=O)C2(CCN(c3ccc(Oc4ccccc4)cc3)CC2)N(Cc2cccs2)C1=O. The summed E-state index contributed by atoms with van der Waals surface area (Å²) >= 11 is 1.64. The number of Topliss-reactive ketones (excluding diaryl/α,β-unsaturated/α-hetero) is 1. The van der Waals surface area contributed by atoms with Crippen molar-refractivity contribution in [3.05, 3.63) is 77.0 Å². The van der Waals surface area contributed by atoms with Crippen molar-refractivity contribution in [1.82, 2.24) is 9.80 Å². The fourth-order valence-electron chi connectivity index (χ4n) is 5.29. The van der Waals surface area contributed by atoms with E-state index in [4.69, 9.17) is 4.74 Å². The number of hydrogen-bond donors (Lipinski definition) is 0. The number of carbonyl (C=O) groups is 2. The van der Waals surface area contributed by atoms with Gasteiger partial charge in [0.05, 0.1) is 13.1 Å². The number of urea groups is 1. The summed E-state index contributed by atoms with van der Waals surface area (Å²) in [5, 5.41) is 2.03. The molecule has 0 saturated carbocycles. The van der Waals surface area contributed by atoms with Crippen LogP contribution in [-0.4, -0.2) is 53.3 Å². The predicted octanol–water partition coefficient (Wildman–Crippen LogP) is 6.04. The van der Waals surface area contributed by atoms with Gasteiger partial charge in [-0.3, -0.25) is 4.79 Å². The molecule has 0 radical (unpaired) electrons. The maximum absolute atomic E-state index is 13.6. The van der Waals surface area contributed by atoms with E-state index in [1.807, 2.05) is 64.9 Å². The summed E-state index contributed by atoms with van der Waals surface area (Å²) in [5.41, 5.74) is 0.368. The number of carbonyl (C=O) groups excluding carboxylic acids is 2. The molecule has 2 aromatic carbocycles. The Morgan fingerprint density at radius 1 is 0.917 bits per heavy atom. The van der Waals surface area contributed by atoms with Crippen LogP contribution in [0.25, 0.3) is 0 Å². The molecule has 5 rings (SSSR count). The summed E-state index contributed by atoms with van der Waals surface area (Å²) in [6.07, 6.45) is 1.28. The van der Waals surface area contributed by atoms with Gasteiger partial charge in [-0.05, 0) is 66.6 Å². The van der Waals surface area contributed by atoms with Crippen LogP contribution in [0, 0.1) is 5.92 Å². The first-order valence-electron chi connectivity index (χ1n) is 12.6. The Labute approximate surface area is 217 Å². The number of ether oxygens (including phenoxy) is 1. The van der Waals surface area contributed by atoms with Gasteiger partial charge in [-0.25, -0.2) is 4.79 Å². The lowest BCUT2D eigenvalue weighted by Crippen LogP contribution is -2.69. The maximum Gasteiger partial charge on any atom is 0.321 e. The van der Waals surface area contributed by atoms with E-state index in [9.17, 15) is 9.59 Å². The van der Waals surface area contributed by atoms with Gasteiger partial charge < -0.3 is 19.4 Å². The van der Waals surface area contributed by atoms with Crippen molar-refractivity contribution in [3.63, 3.8) is 0 Å². The smallest absolute Gasteiger partial charge is 0.321 e. The van der Waals surface area contributed by atoms with Crippen molar-refractivity contribution in [2.75, 3.05) is 31.1 Å². The van der Waals surface area contributed by atoms with E-state index in [1.165, 1.54) is 0 Å². The summed E-state index contributed by atoms with van der Waals surface area (Å²) in [6.45, 7) is 6.92. The minimum atomic E-state index is -0.735. The lowest BCUT2D eigenvalue weighted by atomic mass is 9.79. The normalized spacial score (nSPS) is 17.8. The van der Waals surface area contributed by atoms with Crippen LogP contribution < -0.4 is 9.64 Å². The topological polar surface area (TPSA) is 53.1 Å². The Kier molecular flexibility index (Phi) is 7.01. The first-order valence-corrected chi connectivity index (χ1v) is 13.5. The zero-order valence-electron chi connectivity index (χ0n) is 20.9. The van der Waals surface area contributed by atoms with Gasteiger partial charge in [0.1, 0.15) is 17.0 Å². The molecule has 1 spiro atoms. The van der Waals surface area contributed by atoms with Gasteiger partial charge in [0.15, 0.2) is 5.78 Å². The molecule has 2 aliphatic heterocycles. The first kappa shape index (κ1) is 24.4. The molecule has 3 heterocycles. The highest BCUT2D eigenvalue weighted by Crippen LogP contribution is 2.38. The van der Waals surface area contributed by atoms with Crippen molar-refractivity contribution < 1.29 is 14.3 Å². The number of amides is 2. The van der Waals surface area contributed by atoms with E-state index in [0.717, 1.165) is 35.2 Å². The van der Waals surface area contributed by atoms with E-state index in [0.29, 0.717) is 31.8 Å². The average molecular weight is 504 g/mol. The van der Waals surface area contributed by atoms with Crippen LogP contribution in [0.5, 0.6) is 11.5 Å². The molecule has 2 aliphatic rings. The largest absolute Gasteiger partial charge is 0.457 e. The Morgan fingerprint density at radius 3 is 2.25 bits per heavy atom. The molecule has 1 aromatic heterocycles. The molecule has 188 valence electrons. The Hall–Kier alpha value is -3.32.